The molecule has 3 aromatic rings. The first-order valence-electron chi connectivity index (χ1n) is 8.05. The number of para-hydroxylation sites is 1. The number of rotatable bonds is 5. The Bertz CT molecular complexity index is 845. The Kier molecular flexibility index (Phi) is 4.70. The molecule has 0 radical (unpaired) electrons. The minimum Gasteiger partial charge on any atom is -0.339 e. The second-order valence-electron chi connectivity index (χ2n) is 5.67. The van der Waals surface area contributed by atoms with Crippen LogP contribution in [-0.4, -0.2) is 15.2 Å². The van der Waals surface area contributed by atoms with Gasteiger partial charge in [-0.3, -0.25) is 0 Å². The van der Waals surface area contributed by atoms with Crippen molar-refractivity contribution >= 4 is 23.1 Å². The van der Waals surface area contributed by atoms with E-state index in [2.05, 4.69) is 58.7 Å². The number of anilines is 4. The SMILES string of the molecule is CCc1ccccc1Nc1nncc(Nc2cccc(C)c2C)n1. The van der Waals surface area contributed by atoms with Crippen LogP contribution in [0.2, 0.25) is 0 Å². The van der Waals surface area contributed by atoms with E-state index in [0.717, 1.165) is 17.8 Å². The highest BCUT2D eigenvalue weighted by molar-refractivity contribution is 5.63. The molecule has 0 aliphatic heterocycles. The first-order chi connectivity index (χ1) is 11.7. The fourth-order valence-corrected chi connectivity index (χ4v) is 2.51. The van der Waals surface area contributed by atoms with Crippen LogP contribution in [0.1, 0.15) is 23.6 Å². The van der Waals surface area contributed by atoms with Gasteiger partial charge in [-0.2, -0.15) is 10.1 Å². The van der Waals surface area contributed by atoms with Gasteiger partial charge in [0.15, 0.2) is 5.82 Å². The molecule has 0 saturated heterocycles. The van der Waals surface area contributed by atoms with Gasteiger partial charge in [-0.05, 0) is 49.1 Å². The molecule has 0 spiro atoms. The third-order valence-corrected chi connectivity index (χ3v) is 4.07. The minimum absolute atomic E-state index is 0.478. The lowest BCUT2D eigenvalue weighted by atomic mass is 10.1. The van der Waals surface area contributed by atoms with Gasteiger partial charge in [0, 0.05) is 11.4 Å². The molecule has 2 N–H and O–H groups in total. The van der Waals surface area contributed by atoms with Crippen LogP contribution in [0.3, 0.4) is 0 Å². The molecule has 1 heterocycles. The normalized spacial score (nSPS) is 10.5. The van der Waals surface area contributed by atoms with E-state index >= 15 is 0 Å². The summed E-state index contributed by atoms with van der Waals surface area (Å²) in [4.78, 5) is 4.51. The maximum atomic E-state index is 4.51. The van der Waals surface area contributed by atoms with Crippen LogP contribution in [0.15, 0.2) is 48.7 Å². The number of nitrogens with one attached hydrogen (secondary N) is 2. The second-order valence-corrected chi connectivity index (χ2v) is 5.67. The molecular formula is C19H21N5. The molecule has 3 rings (SSSR count). The molecule has 0 aliphatic rings. The van der Waals surface area contributed by atoms with Gasteiger partial charge >= 0.3 is 0 Å². The van der Waals surface area contributed by atoms with Crippen LogP contribution in [0.5, 0.6) is 0 Å². The van der Waals surface area contributed by atoms with Crippen LogP contribution in [0.4, 0.5) is 23.1 Å². The molecule has 0 aliphatic carbocycles. The summed E-state index contributed by atoms with van der Waals surface area (Å²) >= 11 is 0. The highest BCUT2D eigenvalue weighted by atomic mass is 15.3. The van der Waals surface area contributed by atoms with Gasteiger partial charge in [0.1, 0.15) is 0 Å². The Morgan fingerprint density at radius 2 is 1.71 bits per heavy atom. The van der Waals surface area contributed by atoms with Crippen molar-refractivity contribution in [3.8, 4) is 0 Å². The summed E-state index contributed by atoms with van der Waals surface area (Å²) in [5.74, 6) is 1.14. The molecule has 2 aromatic carbocycles. The van der Waals surface area contributed by atoms with Crippen LogP contribution in [-0.2, 0) is 6.42 Å². The van der Waals surface area contributed by atoms with Crippen molar-refractivity contribution in [2.45, 2.75) is 27.2 Å². The zero-order valence-electron chi connectivity index (χ0n) is 14.2. The smallest absolute Gasteiger partial charge is 0.249 e. The highest BCUT2D eigenvalue weighted by Gasteiger charge is 2.06. The molecule has 5 nitrogen and oxygen atoms in total. The lowest BCUT2D eigenvalue weighted by Crippen LogP contribution is -2.04. The summed E-state index contributed by atoms with van der Waals surface area (Å²) in [6, 6.07) is 14.3. The monoisotopic (exact) mass is 319 g/mol. The van der Waals surface area contributed by atoms with E-state index in [0.29, 0.717) is 11.8 Å². The summed E-state index contributed by atoms with van der Waals surface area (Å²) in [5, 5.41) is 14.7. The molecular weight excluding hydrogens is 298 g/mol. The lowest BCUT2D eigenvalue weighted by Gasteiger charge is -2.12. The van der Waals surface area contributed by atoms with Crippen molar-refractivity contribution in [1.82, 2.24) is 15.2 Å². The Morgan fingerprint density at radius 3 is 2.54 bits per heavy atom. The predicted molar refractivity (Wildman–Crippen MR) is 98.1 cm³/mol. The van der Waals surface area contributed by atoms with E-state index in [-0.39, 0.29) is 0 Å². The predicted octanol–water partition coefficient (Wildman–Crippen LogP) is 4.54. The van der Waals surface area contributed by atoms with E-state index in [4.69, 9.17) is 0 Å². The van der Waals surface area contributed by atoms with Gasteiger partial charge in [-0.15, -0.1) is 5.10 Å². The zero-order chi connectivity index (χ0) is 16.9. The van der Waals surface area contributed by atoms with Crippen molar-refractivity contribution in [3.63, 3.8) is 0 Å². The Hall–Kier alpha value is -2.95. The van der Waals surface area contributed by atoms with Gasteiger partial charge in [0.25, 0.3) is 0 Å². The molecule has 1 aromatic heterocycles. The van der Waals surface area contributed by atoms with Crippen LogP contribution in [0.25, 0.3) is 0 Å². The molecule has 24 heavy (non-hydrogen) atoms. The van der Waals surface area contributed by atoms with Crippen LogP contribution >= 0.6 is 0 Å². The summed E-state index contributed by atoms with van der Waals surface area (Å²) in [6.45, 7) is 6.30. The minimum atomic E-state index is 0.478. The summed E-state index contributed by atoms with van der Waals surface area (Å²) < 4.78 is 0. The van der Waals surface area contributed by atoms with Gasteiger partial charge < -0.3 is 10.6 Å². The quantitative estimate of drug-likeness (QED) is 0.723. The zero-order valence-corrected chi connectivity index (χ0v) is 14.2. The third-order valence-electron chi connectivity index (χ3n) is 4.07. The largest absolute Gasteiger partial charge is 0.339 e. The first kappa shape index (κ1) is 15.9. The third kappa shape index (κ3) is 3.51. The lowest BCUT2D eigenvalue weighted by molar-refractivity contribution is 0.979. The molecule has 0 unspecified atom stereocenters. The highest BCUT2D eigenvalue weighted by Crippen LogP contribution is 2.23. The van der Waals surface area contributed by atoms with E-state index in [1.54, 1.807) is 6.20 Å². The molecule has 0 bridgehead atoms. The van der Waals surface area contributed by atoms with Crippen molar-refractivity contribution < 1.29 is 0 Å². The fraction of sp³-hybridized carbons (Fsp3) is 0.211. The standard InChI is InChI=1S/C19H21N5/c1-4-15-9-5-6-10-17(15)22-19-23-18(12-20-24-19)21-16-11-7-8-13(2)14(16)3/h5-12H,4H2,1-3H3,(H2,21,22,23,24). The number of hydrogen-bond donors (Lipinski definition) is 2. The molecule has 0 fully saturated rings. The van der Waals surface area contributed by atoms with Crippen molar-refractivity contribution in [1.29, 1.82) is 0 Å². The van der Waals surface area contributed by atoms with Gasteiger partial charge in [-0.1, -0.05) is 37.3 Å². The topological polar surface area (TPSA) is 62.7 Å². The summed E-state index contributed by atoms with van der Waals surface area (Å²) in [7, 11) is 0. The van der Waals surface area contributed by atoms with E-state index in [1.165, 1.54) is 16.7 Å². The maximum Gasteiger partial charge on any atom is 0.249 e. The van der Waals surface area contributed by atoms with Crippen molar-refractivity contribution in [2.75, 3.05) is 10.6 Å². The maximum absolute atomic E-state index is 4.51. The molecule has 0 atom stereocenters. The van der Waals surface area contributed by atoms with E-state index < -0.39 is 0 Å². The number of hydrogen-bond acceptors (Lipinski definition) is 5. The Labute approximate surface area is 142 Å². The van der Waals surface area contributed by atoms with E-state index in [9.17, 15) is 0 Å². The molecule has 0 saturated carbocycles. The number of aryl methyl sites for hydroxylation is 2. The number of benzene rings is 2. The van der Waals surface area contributed by atoms with Crippen LogP contribution < -0.4 is 10.6 Å². The second kappa shape index (κ2) is 7.08. The average molecular weight is 319 g/mol. The molecule has 122 valence electrons. The van der Waals surface area contributed by atoms with Gasteiger partial charge in [0.05, 0.1) is 6.20 Å². The van der Waals surface area contributed by atoms with Gasteiger partial charge in [0.2, 0.25) is 5.95 Å². The Balaban J connectivity index is 1.83. The fourth-order valence-electron chi connectivity index (χ4n) is 2.51. The average Bonchev–Trinajstić information content (AvgIpc) is 2.60. The van der Waals surface area contributed by atoms with Crippen molar-refractivity contribution in [3.05, 3.63) is 65.4 Å². The molecule has 5 heteroatoms. The number of aromatic nitrogens is 3. The summed E-state index contributed by atoms with van der Waals surface area (Å²) in [6.07, 6.45) is 2.57. The van der Waals surface area contributed by atoms with Crippen molar-refractivity contribution in [2.24, 2.45) is 0 Å². The van der Waals surface area contributed by atoms with Crippen LogP contribution in [0, 0.1) is 13.8 Å². The first-order valence-corrected chi connectivity index (χ1v) is 8.05. The molecule has 0 amide bonds. The number of nitrogens with zero attached hydrogens (tertiary/aromatic N) is 3. The van der Waals surface area contributed by atoms with E-state index in [1.807, 2.05) is 30.3 Å². The Morgan fingerprint density at radius 1 is 0.917 bits per heavy atom. The van der Waals surface area contributed by atoms with Gasteiger partial charge in [-0.25, -0.2) is 0 Å². The summed E-state index contributed by atoms with van der Waals surface area (Å²) in [5.41, 5.74) is 5.68.